The summed E-state index contributed by atoms with van der Waals surface area (Å²) >= 11 is 5.94. The Morgan fingerprint density at radius 1 is 1.27 bits per heavy atom. The van der Waals surface area contributed by atoms with E-state index in [1.165, 1.54) is 6.42 Å². The van der Waals surface area contributed by atoms with Crippen molar-refractivity contribution >= 4 is 28.3 Å². The van der Waals surface area contributed by atoms with Crippen molar-refractivity contribution in [2.45, 2.75) is 26.2 Å². The Labute approximate surface area is 155 Å². The topological polar surface area (TPSA) is 71.4 Å². The number of ether oxygens (including phenoxy) is 1. The van der Waals surface area contributed by atoms with Crippen LogP contribution in [0.2, 0.25) is 5.15 Å². The number of aryl methyl sites for hydroxylation is 1. The number of aliphatic hydroxyl groups excluding tert-OH is 1. The van der Waals surface area contributed by atoms with E-state index in [2.05, 4.69) is 19.9 Å². The number of anilines is 1. The Morgan fingerprint density at radius 2 is 2.00 bits per heavy atom. The lowest BCUT2D eigenvalue weighted by molar-refractivity contribution is 0.140. The molecule has 2 atom stereocenters. The fraction of sp³-hybridized carbons (Fsp3) is 0.611. The predicted molar refractivity (Wildman–Crippen MR) is 95.1 cm³/mol. The van der Waals surface area contributed by atoms with Crippen LogP contribution >= 0.6 is 11.6 Å². The lowest BCUT2D eigenvalue weighted by Gasteiger charge is -2.22. The predicted octanol–water partition coefficient (Wildman–Crippen LogP) is 2.73. The van der Waals surface area contributed by atoms with Gasteiger partial charge in [-0.25, -0.2) is 9.37 Å². The molecule has 2 aromatic heterocycles. The van der Waals surface area contributed by atoms with E-state index in [4.69, 9.17) is 16.3 Å². The summed E-state index contributed by atoms with van der Waals surface area (Å²) in [6.45, 7) is 4.04. The van der Waals surface area contributed by atoms with E-state index in [0.717, 1.165) is 25.9 Å². The van der Waals surface area contributed by atoms with E-state index < -0.39 is 5.82 Å². The minimum atomic E-state index is -0.645. The van der Waals surface area contributed by atoms with Gasteiger partial charge in [0, 0.05) is 18.5 Å². The van der Waals surface area contributed by atoms with Gasteiger partial charge in [0.25, 0.3) is 0 Å². The number of rotatable bonds is 5. The van der Waals surface area contributed by atoms with Crippen LogP contribution in [0.3, 0.4) is 0 Å². The van der Waals surface area contributed by atoms with E-state index in [1.807, 2.05) is 0 Å². The number of piperidine rings is 1. The van der Waals surface area contributed by atoms with Crippen LogP contribution in [0.4, 0.5) is 10.2 Å². The van der Waals surface area contributed by atoms with Crippen LogP contribution < -0.4 is 9.64 Å². The Balaban J connectivity index is 1.58. The van der Waals surface area contributed by atoms with Crippen LogP contribution in [-0.4, -0.2) is 46.4 Å². The van der Waals surface area contributed by atoms with Crippen LogP contribution in [0.1, 0.15) is 25.0 Å². The number of fused-ring (bicyclic) bond motifs is 2. The van der Waals surface area contributed by atoms with Gasteiger partial charge in [-0.2, -0.15) is 9.97 Å². The molecular weight excluding hydrogens is 359 g/mol. The summed E-state index contributed by atoms with van der Waals surface area (Å²) in [4.78, 5) is 15.2. The number of nitrogens with zero attached hydrogens (tertiary/aromatic N) is 4. The normalized spacial score (nSPS) is 25.5. The lowest BCUT2D eigenvalue weighted by Crippen LogP contribution is -2.25. The molecule has 0 amide bonds. The summed E-state index contributed by atoms with van der Waals surface area (Å²) in [6, 6.07) is 0.133. The van der Waals surface area contributed by atoms with Crippen LogP contribution in [-0.2, 0) is 0 Å². The highest BCUT2D eigenvalue weighted by Crippen LogP contribution is 2.48. The monoisotopic (exact) mass is 378 g/mol. The van der Waals surface area contributed by atoms with Gasteiger partial charge in [0.2, 0.25) is 0 Å². The average molecular weight is 379 g/mol. The number of hydrogen-bond donors (Lipinski definition) is 1. The van der Waals surface area contributed by atoms with Gasteiger partial charge in [-0.3, -0.25) is 0 Å². The van der Waals surface area contributed by atoms with Crippen LogP contribution in [0, 0.1) is 30.0 Å². The molecule has 1 aliphatic heterocycles. The molecule has 8 heteroatoms. The summed E-state index contributed by atoms with van der Waals surface area (Å²) in [5.41, 5.74) is 0.567. The van der Waals surface area contributed by atoms with Gasteiger partial charge in [-0.15, -0.1) is 0 Å². The molecule has 1 N–H and O–H groups in total. The summed E-state index contributed by atoms with van der Waals surface area (Å²) in [7, 11) is 0. The summed E-state index contributed by atoms with van der Waals surface area (Å²) in [5, 5.41) is 9.88. The largest absolute Gasteiger partial charge is 0.463 e. The first-order valence-electron chi connectivity index (χ1n) is 9.02. The van der Waals surface area contributed by atoms with Gasteiger partial charge < -0.3 is 14.7 Å². The number of pyridine rings is 1. The first-order chi connectivity index (χ1) is 12.5. The third kappa shape index (κ3) is 2.60. The molecule has 0 spiro atoms. The highest BCUT2D eigenvalue weighted by Gasteiger charge is 2.46. The van der Waals surface area contributed by atoms with Crippen molar-refractivity contribution in [1.29, 1.82) is 0 Å². The van der Waals surface area contributed by atoms with Crippen LogP contribution in [0.25, 0.3) is 10.9 Å². The van der Waals surface area contributed by atoms with E-state index in [1.54, 1.807) is 6.92 Å². The first kappa shape index (κ1) is 16.4. The molecule has 0 radical (unpaired) electrons. The number of halogens is 2. The van der Waals surface area contributed by atoms with E-state index in [9.17, 15) is 9.50 Å². The standard InChI is InChI=1S/C18H20ClFN4O2/c1-9-12-14(13(20)15(19)21-9)22-17(26-8-18(7-25)2-3-18)23-16(12)24-5-10-4-11(10)6-24/h10-11,25H,2-8H2,1H3. The van der Waals surface area contributed by atoms with Gasteiger partial charge >= 0.3 is 6.01 Å². The highest BCUT2D eigenvalue weighted by atomic mass is 35.5. The van der Waals surface area contributed by atoms with Crippen LogP contribution in [0.15, 0.2) is 0 Å². The van der Waals surface area contributed by atoms with Gasteiger partial charge in [-0.05, 0) is 38.0 Å². The number of aliphatic hydroxyl groups is 1. The maximum Gasteiger partial charge on any atom is 0.319 e. The third-order valence-electron chi connectivity index (χ3n) is 5.96. The zero-order valence-corrected chi connectivity index (χ0v) is 15.3. The van der Waals surface area contributed by atoms with Gasteiger partial charge in [-0.1, -0.05) is 11.6 Å². The molecule has 2 aliphatic carbocycles. The van der Waals surface area contributed by atoms with Gasteiger partial charge in [0.1, 0.15) is 11.3 Å². The molecule has 1 saturated heterocycles. The molecule has 138 valence electrons. The Morgan fingerprint density at radius 3 is 2.65 bits per heavy atom. The van der Waals surface area contributed by atoms with Gasteiger partial charge in [0.15, 0.2) is 11.0 Å². The second kappa shape index (κ2) is 5.63. The third-order valence-corrected chi connectivity index (χ3v) is 6.21. The molecule has 3 heterocycles. The maximum atomic E-state index is 14.7. The van der Waals surface area contributed by atoms with Crippen molar-refractivity contribution in [3.05, 3.63) is 16.7 Å². The Kier molecular flexibility index (Phi) is 3.56. The zero-order valence-electron chi connectivity index (χ0n) is 14.5. The smallest absolute Gasteiger partial charge is 0.319 e. The fourth-order valence-electron chi connectivity index (χ4n) is 3.88. The fourth-order valence-corrected chi connectivity index (χ4v) is 4.09. The molecule has 3 fully saturated rings. The van der Waals surface area contributed by atoms with Crippen molar-refractivity contribution in [3.8, 4) is 6.01 Å². The minimum absolute atomic E-state index is 0.0755. The molecular formula is C18H20ClFN4O2. The minimum Gasteiger partial charge on any atom is -0.463 e. The van der Waals surface area contributed by atoms with Crippen molar-refractivity contribution < 1.29 is 14.2 Å². The van der Waals surface area contributed by atoms with Crippen molar-refractivity contribution in [1.82, 2.24) is 15.0 Å². The first-order valence-corrected chi connectivity index (χ1v) is 9.39. The maximum absolute atomic E-state index is 14.7. The van der Waals surface area contributed by atoms with Crippen molar-refractivity contribution in [3.63, 3.8) is 0 Å². The van der Waals surface area contributed by atoms with Crippen LogP contribution in [0.5, 0.6) is 6.01 Å². The van der Waals surface area contributed by atoms with Crippen molar-refractivity contribution in [2.24, 2.45) is 17.3 Å². The quantitative estimate of drug-likeness (QED) is 0.807. The number of hydrogen-bond acceptors (Lipinski definition) is 6. The summed E-state index contributed by atoms with van der Waals surface area (Å²) in [6.07, 6.45) is 3.10. The van der Waals surface area contributed by atoms with E-state index in [-0.39, 0.29) is 28.7 Å². The lowest BCUT2D eigenvalue weighted by atomic mass is 10.1. The molecule has 3 aliphatic rings. The van der Waals surface area contributed by atoms with Crippen molar-refractivity contribution in [2.75, 3.05) is 31.2 Å². The molecule has 2 aromatic rings. The zero-order chi connectivity index (χ0) is 18.1. The van der Waals surface area contributed by atoms with E-state index >= 15 is 0 Å². The molecule has 6 nitrogen and oxygen atoms in total. The molecule has 2 saturated carbocycles. The molecule has 0 bridgehead atoms. The molecule has 5 rings (SSSR count). The molecule has 26 heavy (non-hydrogen) atoms. The summed E-state index contributed by atoms with van der Waals surface area (Å²) in [5.74, 6) is 1.44. The Bertz CT molecular complexity index is 895. The highest BCUT2D eigenvalue weighted by molar-refractivity contribution is 6.30. The second-order valence-electron chi connectivity index (χ2n) is 7.96. The van der Waals surface area contributed by atoms with E-state index in [0.29, 0.717) is 35.3 Å². The van der Waals surface area contributed by atoms with Gasteiger partial charge in [0.05, 0.1) is 24.3 Å². The Hall–Kier alpha value is -1.73. The molecule has 0 aromatic carbocycles. The average Bonchev–Trinajstić information content (AvgIpc) is 3.55. The molecule has 2 unspecified atom stereocenters. The number of aromatic nitrogens is 3. The second-order valence-corrected chi connectivity index (χ2v) is 8.32. The SMILES string of the molecule is Cc1nc(Cl)c(F)c2nc(OCC3(CO)CC3)nc(N3CC4CC4C3)c12. The summed E-state index contributed by atoms with van der Waals surface area (Å²) < 4.78 is 20.4.